The molecule has 0 amide bonds. The van der Waals surface area contributed by atoms with Crippen LogP contribution in [0.15, 0.2) is 24.3 Å². The lowest BCUT2D eigenvalue weighted by molar-refractivity contribution is -0.151. The number of alkyl halides is 4. The fraction of sp³-hybridized carbons (Fsp3) is 0.273. The van der Waals surface area contributed by atoms with Crippen molar-refractivity contribution in [3.8, 4) is 0 Å². The first-order chi connectivity index (χ1) is 8.27. The molecule has 0 radical (unpaired) electrons. The molecule has 1 atom stereocenters. The first-order valence-corrected chi connectivity index (χ1v) is 5.14. The molecule has 1 rings (SSSR count). The molecule has 98 valence electrons. The van der Waals surface area contributed by atoms with Crippen LogP contribution in [0, 0.1) is 0 Å². The van der Waals surface area contributed by atoms with Gasteiger partial charge in [0.25, 0.3) is 5.78 Å². The molecule has 0 aliphatic rings. The monoisotopic (exact) mass is 280 g/mol. The fourth-order valence-corrected chi connectivity index (χ4v) is 1.43. The SMILES string of the molecule is COC(=O)C(=O)[C@@H](Cl)c1ccc(C(F)(F)F)cc1. The standard InChI is InChI=1S/C11H8ClF3O3/c1-18-10(17)9(16)8(12)6-2-4-7(5-3-6)11(13,14)15/h2-5,8H,1H3/t8-/m0/s1. The Labute approximate surface area is 105 Å². The molecule has 0 spiro atoms. The van der Waals surface area contributed by atoms with Crippen LogP contribution in [0.5, 0.6) is 0 Å². The molecule has 1 aromatic rings. The summed E-state index contributed by atoms with van der Waals surface area (Å²) >= 11 is 5.67. The Morgan fingerprint density at radius 3 is 2.11 bits per heavy atom. The third kappa shape index (κ3) is 3.22. The van der Waals surface area contributed by atoms with Gasteiger partial charge in [0.2, 0.25) is 0 Å². The first-order valence-electron chi connectivity index (χ1n) is 4.70. The Balaban J connectivity index is 2.92. The van der Waals surface area contributed by atoms with Crippen LogP contribution in [0.2, 0.25) is 0 Å². The molecule has 0 aliphatic carbocycles. The van der Waals surface area contributed by atoms with Crippen LogP contribution < -0.4 is 0 Å². The van der Waals surface area contributed by atoms with E-state index in [0.717, 1.165) is 31.4 Å². The van der Waals surface area contributed by atoms with E-state index in [1.807, 2.05) is 0 Å². The van der Waals surface area contributed by atoms with E-state index in [1.54, 1.807) is 0 Å². The van der Waals surface area contributed by atoms with Gasteiger partial charge >= 0.3 is 12.1 Å². The number of ether oxygens (including phenoxy) is 1. The molecule has 7 heteroatoms. The predicted molar refractivity (Wildman–Crippen MR) is 57.1 cm³/mol. The van der Waals surface area contributed by atoms with Gasteiger partial charge in [-0.15, -0.1) is 11.6 Å². The maximum absolute atomic E-state index is 12.3. The average Bonchev–Trinajstić information content (AvgIpc) is 2.35. The summed E-state index contributed by atoms with van der Waals surface area (Å²) in [7, 11) is 1.01. The zero-order valence-electron chi connectivity index (χ0n) is 9.12. The number of hydrogen-bond donors (Lipinski definition) is 0. The van der Waals surface area contributed by atoms with E-state index in [0.29, 0.717) is 0 Å². The van der Waals surface area contributed by atoms with Gasteiger partial charge in [0.15, 0.2) is 0 Å². The molecule has 0 unspecified atom stereocenters. The quantitative estimate of drug-likeness (QED) is 0.486. The van der Waals surface area contributed by atoms with Crippen molar-refractivity contribution < 1.29 is 27.5 Å². The van der Waals surface area contributed by atoms with Crippen molar-refractivity contribution in [2.24, 2.45) is 0 Å². The average molecular weight is 281 g/mol. The molecule has 0 saturated carbocycles. The highest BCUT2D eigenvalue weighted by molar-refractivity contribution is 6.47. The Kier molecular flexibility index (Phi) is 4.34. The van der Waals surface area contributed by atoms with E-state index in [-0.39, 0.29) is 5.56 Å². The van der Waals surface area contributed by atoms with Crippen molar-refractivity contribution in [3.05, 3.63) is 35.4 Å². The van der Waals surface area contributed by atoms with Gasteiger partial charge in [0.05, 0.1) is 12.7 Å². The van der Waals surface area contributed by atoms with Gasteiger partial charge < -0.3 is 4.74 Å². The second-order valence-electron chi connectivity index (χ2n) is 3.34. The summed E-state index contributed by atoms with van der Waals surface area (Å²) in [6.07, 6.45) is -4.47. The fourth-order valence-electron chi connectivity index (χ4n) is 1.20. The van der Waals surface area contributed by atoms with Crippen LogP contribution in [-0.4, -0.2) is 18.9 Å². The molecule has 0 N–H and O–H groups in total. The minimum absolute atomic E-state index is 0.0973. The van der Waals surface area contributed by atoms with Gasteiger partial charge in [-0.05, 0) is 17.7 Å². The van der Waals surface area contributed by atoms with Gasteiger partial charge in [-0.3, -0.25) is 4.79 Å². The second kappa shape index (κ2) is 5.39. The number of carbonyl (C=O) groups excluding carboxylic acids is 2. The van der Waals surface area contributed by atoms with Gasteiger partial charge in [-0.25, -0.2) is 4.79 Å². The Bertz CT molecular complexity index is 454. The van der Waals surface area contributed by atoms with E-state index >= 15 is 0 Å². The number of esters is 1. The molecular formula is C11H8ClF3O3. The van der Waals surface area contributed by atoms with Crippen molar-refractivity contribution >= 4 is 23.4 Å². The highest BCUT2D eigenvalue weighted by atomic mass is 35.5. The zero-order valence-corrected chi connectivity index (χ0v) is 9.88. The Morgan fingerprint density at radius 2 is 1.72 bits per heavy atom. The molecule has 0 fully saturated rings. The number of ketones is 1. The van der Waals surface area contributed by atoms with Gasteiger partial charge in [-0.1, -0.05) is 12.1 Å². The van der Waals surface area contributed by atoms with Crippen molar-refractivity contribution in [1.29, 1.82) is 0 Å². The van der Waals surface area contributed by atoms with Crippen LogP contribution in [0.25, 0.3) is 0 Å². The van der Waals surface area contributed by atoms with Crippen molar-refractivity contribution in [2.75, 3.05) is 7.11 Å². The lowest BCUT2D eigenvalue weighted by Crippen LogP contribution is -2.20. The second-order valence-corrected chi connectivity index (χ2v) is 3.77. The van der Waals surface area contributed by atoms with Crippen molar-refractivity contribution in [3.63, 3.8) is 0 Å². The number of methoxy groups -OCH3 is 1. The zero-order chi connectivity index (χ0) is 13.9. The summed E-state index contributed by atoms with van der Waals surface area (Å²) in [5, 5.41) is -1.36. The highest BCUT2D eigenvalue weighted by Gasteiger charge is 2.31. The largest absolute Gasteiger partial charge is 0.463 e. The number of halogens is 4. The van der Waals surface area contributed by atoms with Gasteiger partial charge in [0, 0.05) is 0 Å². The summed E-state index contributed by atoms with van der Waals surface area (Å²) < 4.78 is 41.0. The molecular weight excluding hydrogens is 273 g/mol. The van der Waals surface area contributed by atoms with E-state index < -0.39 is 28.9 Å². The topological polar surface area (TPSA) is 43.4 Å². The van der Waals surface area contributed by atoms with Crippen LogP contribution in [0.4, 0.5) is 13.2 Å². The van der Waals surface area contributed by atoms with E-state index in [4.69, 9.17) is 11.6 Å². The Morgan fingerprint density at radius 1 is 1.22 bits per heavy atom. The maximum atomic E-state index is 12.3. The smallest absolute Gasteiger partial charge is 0.416 e. The third-order valence-electron chi connectivity index (χ3n) is 2.15. The summed E-state index contributed by atoms with van der Waals surface area (Å²) in [4.78, 5) is 22.2. The van der Waals surface area contributed by atoms with Crippen LogP contribution in [-0.2, 0) is 20.5 Å². The van der Waals surface area contributed by atoms with E-state index in [1.165, 1.54) is 0 Å². The number of hydrogen-bond acceptors (Lipinski definition) is 3. The van der Waals surface area contributed by atoms with E-state index in [2.05, 4.69) is 4.74 Å². The molecule has 1 aromatic carbocycles. The number of carbonyl (C=O) groups is 2. The van der Waals surface area contributed by atoms with Crippen molar-refractivity contribution in [2.45, 2.75) is 11.6 Å². The molecule has 0 bridgehead atoms. The molecule has 18 heavy (non-hydrogen) atoms. The summed E-state index contributed by atoms with van der Waals surface area (Å²) in [5.74, 6) is -2.17. The van der Waals surface area contributed by atoms with Gasteiger partial charge in [0.1, 0.15) is 5.38 Å². The third-order valence-corrected chi connectivity index (χ3v) is 2.60. The highest BCUT2D eigenvalue weighted by Crippen LogP contribution is 2.31. The molecule has 0 heterocycles. The first kappa shape index (κ1) is 14.5. The molecule has 0 aromatic heterocycles. The Hall–Kier alpha value is -1.56. The number of rotatable bonds is 3. The van der Waals surface area contributed by atoms with Crippen LogP contribution in [0.1, 0.15) is 16.5 Å². The van der Waals surface area contributed by atoms with Crippen LogP contribution in [0.3, 0.4) is 0 Å². The van der Waals surface area contributed by atoms with Crippen molar-refractivity contribution in [1.82, 2.24) is 0 Å². The summed E-state index contributed by atoms with van der Waals surface area (Å²) in [6, 6.07) is 3.66. The lowest BCUT2D eigenvalue weighted by atomic mass is 10.1. The van der Waals surface area contributed by atoms with E-state index in [9.17, 15) is 22.8 Å². The predicted octanol–water partition coefficient (Wildman–Crippen LogP) is 2.73. The normalized spacial score (nSPS) is 12.9. The number of benzene rings is 1. The minimum atomic E-state index is -4.47. The van der Waals surface area contributed by atoms with Crippen LogP contribution >= 0.6 is 11.6 Å². The molecule has 3 nitrogen and oxygen atoms in total. The summed E-state index contributed by atoms with van der Waals surface area (Å²) in [6.45, 7) is 0. The number of Topliss-reactive ketones (excluding diaryl/α,β-unsaturated/α-hetero) is 1. The van der Waals surface area contributed by atoms with Gasteiger partial charge in [-0.2, -0.15) is 13.2 Å². The maximum Gasteiger partial charge on any atom is 0.416 e. The molecule has 0 aliphatic heterocycles. The summed E-state index contributed by atoms with van der Waals surface area (Å²) in [5.41, 5.74) is -0.763. The molecule has 0 saturated heterocycles. The lowest BCUT2D eigenvalue weighted by Gasteiger charge is -2.10. The minimum Gasteiger partial charge on any atom is -0.463 e.